The number of nitrogen functional groups attached to an aromatic ring is 1. The summed E-state index contributed by atoms with van der Waals surface area (Å²) in [4.78, 5) is 28.8. The van der Waals surface area contributed by atoms with E-state index in [-0.39, 0.29) is 22.4 Å². The molecular formula is C20H18F3N3O4. The number of rotatable bonds is 4. The fraction of sp³-hybridized carbons (Fsp3) is 0.250. The number of aromatic nitrogens is 2. The SMILES string of the molecule is CCC(O)c1ccc(-n2c(=O)c(C(=O)OC)c(N)c3ccc(C(F)(F)F)nc32)cc1. The predicted molar refractivity (Wildman–Crippen MR) is 103 cm³/mol. The average molecular weight is 421 g/mol. The first-order valence-corrected chi connectivity index (χ1v) is 8.89. The van der Waals surface area contributed by atoms with Crippen LogP contribution in [0.15, 0.2) is 41.2 Å². The van der Waals surface area contributed by atoms with Gasteiger partial charge in [0.25, 0.3) is 5.56 Å². The van der Waals surface area contributed by atoms with Gasteiger partial charge in [-0.05, 0) is 36.2 Å². The number of halogens is 3. The van der Waals surface area contributed by atoms with Crippen LogP contribution in [-0.2, 0) is 10.9 Å². The van der Waals surface area contributed by atoms with Crippen LogP contribution in [0.4, 0.5) is 18.9 Å². The molecule has 3 aromatic rings. The third-order valence-electron chi connectivity index (χ3n) is 4.67. The van der Waals surface area contributed by atoms with Crippen LogP contribution in [0, 0.1) is 0 Å². The van der Waals surface area contributed by atoms with Crippen molar-refractivity contribution in [3.63, 3.8) is 0 Å². The van der Waals surface area contributed by atoms with Crippen molar-refractivity contribution in [2.24, 2.45) is 0 Å². The Morgan fingerprint density at radius 2 is 1.87 bits per heavy atom. The van der Waals surface area contributed by atoms with Crippen LogP contribution >= 0.6 is 0 Å². The number of ether oxygens (including phenoxy) is 1. The number of aliphatic hydroxyl groups is 1. The van der Waals surface area contributed by atoms with E-state index in [4.69, 9.17) is 5.73 Å². The third kappa shape index (κ3) is 3.61. The molecular weight excluding hydrogens is 403 g/mol. The number of carbonyl (C=O) groups is 1. The summed E-state index contributed by atoms with van der Waals surface area (Å²) in [5.74, 6) is -1.02. The second kappa shape index (κ2) is 7.79. The zero-order valence-corrected chi connectivity index (χ0v) is 16.0. The summed E-state index contributed by atoms with van der Waals surface area (Å²) in [5, 5.41) is 9.93. The lowest BCUT2D eigenvalue weighted by molar-refractivity contribution is -0.141. The van der Waals surface area contributed by atoms with Gasteiger partial charge in [-0.15, -0.1) is 0 Å². The molecule has 0 spiro atoms. The number of nitrogens with two attached hydrogens (primary N) is 1. The van der Waals surface area contributed by atoms with Crippen LogP contribution < -0.4 is 11.3 Å². The summed E-state index contributed by atoms with van der Waals surface area (Å²) in [6.07, 6.45) is -5.04. The second-order valence-electron chi connectivity index (χ2n) is 6.50. The van der Waals surface area contributed by atoms with E-state index in [1.807, 2.05) is 0 Å². The molecule has 0 aliphatic carbocycles. The topological polar surface area (TPSA) is 107 Å². The summed E-state index contributed by atoms with van der Waals surface area (Å²) in [7, 11) is 1.06. The Morgan fingerprint density at radius 3 is 2.40 bits per heavy atom. The normalized spacial score (nSPS) is 12.7. The van der Waals surface area contributed by atoms with Crippen LogP contribution in [0.2, 0.25) is 0 Å². The molecule has 0 saturated heterocycles. The molecule has 3 rings (SSSR count). The van der Waals surface area contributed by atoms with Crippen LogP contribution in [0.3, 0.4) is 0 Å². The molecule has 2 heterocycles. The quantitative estimate of drug-likeness (QED) is 0.627. The van der Waals surface area contributed by atoms with Gasteiger partial charge in [0, 0.05) is 5.39 Å². The molecule has 1 aromatic carbocycles. The van der Waals surface area contributed by atoms with Crippen LogP contribution in [0.5, 0.6) is 0 Å². The van der Waals surface area contributed by atoms with Gasteiger partial charge in [-0.25, -0.2) is 9.78 Å². The van der Waals surface area contributed by atoms with Gasteiger partial charge in [0.05, 0.1) is 24.6 Å². The highest BCUT2D eigenvalue weighted by molar-refractivity contribution is 6.03. The molecule has 10 heteroatoms. The van der Waals surface area contributed by atoms with Crippen LogP contribution in [0.25, 0.3) is 16.7 Å². The molecule has 0 fully saturated rings. The minimum absolute atomic E-state index is 0.0133. The molecule has 0 aliphatic heterocycles. The van der Waals surface area contributed by atoms with Crippen LogP contribution in [-0.4, -0.2) is 27.7 Å². The van der Waals surface area contributed by atoms with E-state index in [0.717, 1.165) is 23.8 Å². The largest absolute Gasteiger partial charge is 0.465 e. The van der Waals surface area contributed by atoms with E-state index in [9.17, 15) is 27.9 Å². The number of alkyl halides is 3. The molecule has 3 N–H and O–H groups in total. The van der Waals surface area contributed by atoms with Crippen molar-refractivity contribution >= 4 is 22.7 Å². The lowest BCUT2D eigenvalue weighted by Gasteiger charge is -2.16. The second-order valence-corrected chi connectivity index (χ2v) is 6.50. The first kappa shape index (κ1) is 21.3. The Hall–Kier alpha value is -3.40. The molecule has 158 valence electrons. The van der Waals surface area contributed by atoms with E-state index >= 15 is 0 Å². The lowest BCUT2D eigenvalue weighted by atomic mass is 10.1. The molecule has 1 unspecified atom stereocenters. The van der Waals surface area contributed by atoms with Gasteiger partial charge in [-0.3, -0.25) is 9.36 Å². The molecule has 0 saturated carbocycles. The zero-order valence-electron chi connectivity index (χ0n) is 16.0. The molecule has 30 heavy (non-hydrogen) atoms. The van der Waals surface area contributed by atoms with Crippen molar-refractivity contribution < 1.29 is 27.8 Å². The maximum Gasteiger partial charge on any atom is 0.433 e. The third-order valence-corrected chi connectivity index (χ3v) is 4.67. The molecule has 1 atom stereocenters. The number of pyridine rings is 2. The van der Waals surface area contributed by atoms with E-state index in [2.05, 4.69) is 9.72 Å². The lowest BCUT2D eigenvalue weighted by Crippen LogP contribution is -2.29. The van der Waals surface area contributed by atoms with Gasteiger partial charge in [0.1, 0.15) is 16.9 Å². The van der Waals surface area contributed by atoms with Gasteiger partial charge < -0.3 is 15.6 Å². The Bertz CT molecular complexity index is 1170. The number of aliphatic hydroxyl groups excluding tert-OH is 1. The Kier molecular flexibility index (Phi) is 5.53. The summed E-state index contributed by atoms with van der Waals surface area (Å²) in [5.41, 5.74) is 3.25. The van der Waals surface area contributed by atoms with E-state index in [1.165, 1.54) is 24.3 Å². The number of hydrogen-bond acceptors (Lipinski definition) is 6. The van der Waals surface area contributed by atoms with Crippen molar-refractivity contribution in [3.8, 4) is 5.69 Å². The van der Waals surface area contributed by atoms with E-state index in [0.29, 0.717) is 12.0 Å². The first-order chi connectivity index (χ1) is 14.1. The highest BCUT2D eigenvalue weighted by Crippen LogP contribution is 2.31. The Balaban J connectivity index is 2.39. The van der Waals surface area contributed by atoms with Crippen molar-refractivity contribution in [3.05, 3.63) is 63.6 Å². The van der Waals surface area contributed by atoms with Crippen LogP contribution in [0.1, 0.15) is 41.1 Å². The number of hydrogen-bond donors (Lipinski definition) is 2. The highest BCUT2D eigenvalue weighted by Gasteiger charge is 2.34. The maximum absolute atomic E-state index is 13.2. The number of esters is 1. The predicted octanol–water partition coefficient (Wildman–Crippen LogP) is 3.22. The number of carbonyl (C=O) groups excluding carboxylic acids is 1. The monoisotopic (exact) mass is 421 g/mol. The van der Waals surface area contributed by atoms with Crippen molar-refractivity contribution in [1.29, 1.82) is 0 Å². The fourth-order valence-electron chi connectivity index (χ4n) is 3.06. The molecule has 2 aromatic heterocycles. The summed E-state index contributed by atoms with van der Waals surface area (Å²) < 4.78 is 45.1. The first-order valence-electron chi connectivity index (χ1n) is 8.89. The molecule has 0 bridgehead atoms. The van der Waals surface area contributed by atoms with Gasteiger partial charge in [0.15, 0.2) is 0 Å². The number of anilines is 1. The molecule has 0 aliphatic rings. The van der Waals surface area contributed by atoms with E-state index in [1.54, 1.807) is 6.92 Å². The Labute approximate surface area is 168 Å². The van der Waals surface area contributed by atoms with Gasteiger partial charge in [-0.1, -0.05) is 19.1 Å². The van der Waals surface area contributed by atoms with E-state index < -0.39 is 35.1 Å². The highest BCUT2D eigenvalue weighted by atomic mass is 19.4. The summed E-state index contributed by atoms with van der Waals surface area (Å²) in [6, 6.07) is 7.71. The molecule has 0 amide bonds. The smallest absolute Gasteiger partial charge is 0.433 e. The average Bonchev–Trinajstić information content (AvgIpc) is 2.72. The van der Waals surface area contributed by atoms with Crippen molar-refractivity contribution in [2.45, 2.75) is 25.6 Å². The van der Waals surface area contributed by atoms with Gasteiger partial charge in [0.2, 0.25) is 0 Å². The zero-order chi connectivity index (χ0) is 22.2. The Morgan fingerprint density at radius 1 is 1.23 bits per heavy atom. The minimum atomic E-state index is -4.75. The maximum atomic E-state index is 13.2. The number of fused-ring (bicyclic) bond motifs is 1. The molecule has 0 radical (unpaired) electrons. The number of benzene rings is 1. The fourth-order valence-corrected chi connectivity index (χ4v) is 3.06. The molecule has 7 nitrogen and oxygen atoms in total. The summed E-state index contributed by atoms with van der Waals surface area (Å²) >= 11 is 0. The standard InChI is InChI=1S/C20H18F3N3O4/c1-3-13(27)10-4-6-11(7-5-10)26-17-12(8-9-14(25-17)20(21,22)23)16(24)15(18(26)28)19(29)30-2/h4-9,13,27H,3,24H2,1-2H3. The summed E-state index contributed by atoms with van der Waals surface area (Å²) in [6.45, 7) is 1.78. The van der Waals surface area contributed by atoms with Crippen molar-refractivity contribution in [2.75, 3.05) is 12.8 Å². The number of nitrogens with zero attached hydrogens (tertiary/aromatic N) is 2. The van der Waals surface area contributed by atoms with Gasteiger partial charge >= 0.3 is 12.1 Å². The minimum Gasteiger partial charge on any atom is -0.465 e. The number of methoxy groups -OCH3 is 1. The van der Waals surface area contributed by atoms with Crippen molar-refractivity contribution in [1.82, 2.24) is 9.55 Å². The van der Waals surface area contributed by atoms with Gasteiger partial charge in [-0.2, -0.15) is 13.2 Å².